The molecular weight excluding hydrogens is 144 g/mol. The second kappa shape index (κ2) is 3.32. The van der Waals surface area contributed by atoms with Crippen LogP contribution in [0.25, 0.3) is 0 Å². The van der Waals surface area contributed by atoms with Crippen LogP contribution < -0.4 is 9.79 Å². The fourth-order valence-corrected chi connectivity index (χ4v) is 0.838. The monoisotopic (exact) mass is 156 g/mol. The Morgan fingerprint density at radius 2 is 2.36 bits per heavy atom. The molecule has 5 nitrogen and oxygen atoms in total. The van der Waals surface area contributed by atoms with Crippen LogP contribution in [0.15, 0.2) is 0 Å². The van der Waals surface area contributed by atoms with Crippen LogP contribution in [0.4, 0.5) is 0 Å². The van der Waals surface area contributed by atoms with E-state index in [9.17, 15) is 5.11 Å². The van der Waals surface area contributed by atoms with Gasteiger partial charge in [-0.05, 0) is 11.2 Å². The fourth-order valence-electron chi connectivity index (χ4n) is 0.838. The molecule has 0 bridgehead atoms. The van der Waals surface area contributed by atoms with E-state index < -0.39 is 0 Å². The largest absolute Gasteiger partial charge is 0.816 e. The molecule has 0 fully saturated rings. The summed E-state index contributed by atoms with van der Waals surface area (Å²) in [6, 6.07) is -0.263. The molecule has 0 aliphatic carbocycles. The lowest BCUT2D eigenvalue weighted by atomic mass is 10.3. The Hall–Kier alpha value is -1.13. The van der Waals surface area contributed by atoms with Gasteiger partial charge in [-0.1, -0.05) is 13.3 Å². The zero-order valence-corrected chi connectivity index (χ0v) is 6.82. The summed E-state index contributed by atoms with van der Waals surface area (Å²) in [5.74, 6) is 0. The number of tetrazole rings is 1. The third-order valence-electron chi connectivity index (χ3n) is 1.41. The number of hydrogen-bond acceptors (Lipinski definition) is 3. The molecule has 62 valence electrons. The predicted molar refractivity (Wildman–Crippen MR) is 35.6 cm³/mol. The SMILES string of the molecule is CCCC[n+]1nn(C)nc1[O-]. The van der Waals surface area contributed by atoms with Crippen LogP contribution in [0.3, 0.4) is 0 Å². The highest BCUT2D eigenvalue weighted by atomic mass is 16.3. The third kappa shape index (κ3) is 1.89. The first kappa shape index (κ1) is 7.97. The minimum atomic E-state index is -0.263. The number of aromatic nitrogens is 4. The van der Waals surface area contributed by atoms with Gasteiger partial charge in [0, 0.05) is 0 Å². The molecule has 0 radical (unpaired) electrons. The van der Waals surface area contributed by atoms with Crippen molar-refractivity contribution in [3.05, 3.63) is 0 Å². The van der Waals surface area contributed by atoms with Crippen LogP contribution >= 0.6 is 0 Å². The summed E-state index contributed by atoms with van der Waals surface area (Å²) in [6.45, 7) is 2.74. The Kier molecular flexibility index (Phi) is 2.40. The fraction of sp³-hybridized carbons (Fsp3) is 0.833. The second-order valence-electron chi connectivity index (χ2n) is 2.44. The van der Waals surface area contributed by atoms with Crippen molar-refractivity contribution in [3.63, 3.8) is 0 Å². The van der Waals surface area contributed by atoms with Crippen molar-refractivity contribution in [1.29, 1.82) is 0 Å². The van der Waals surface area contributed by atoms with Crippen LogP contribution in [-0.4, -0.2) is 15.1 Å². The normalized spacial score (nSPS) is 10.4. The van der Waals surface area contributed by atoms with E-state index in [4.69, 9.17) is 0 Å². The van der Waals surface area contributed by atoms with Gasteiger partial charge in [-0.2, -0.15) is 0 Å². The summed E-state index contributed by atoms with van der Waals surface area (Å²) in [6.07, 6.45) is 2.03. The maximum absolute atomic E-state index is 10.9. The standard InChI is InChI=1S/C6H12N4O/c1-3-4-5-10-6(11)7-9(2)8-10/h3-5H2,1-2H3. The van der Waals surface area contributed by atoms with E-state index in [0.717, 1.165) is 12.8 Å². The third-order valence-corrected chi connectivity index (χ3v) is 1.41. The van der Waals surface area contributed by atoms with Crippen molar-refractivity contribution < 1.29 is 9.79 Å². The molecule has 0 aromatic carbocycles. The van der Waals surface area contributed by atoms with Gasteiger partial charge < -0.3 is 5.11 Å². The molecule has 0 atom stereocenters. The van der Waals surface area contributed by atoms with Crippen LogP contribution in [0, 0.1) is 0 Å². The number of nitrogens with zero attached hydrogens (tertiary/aromatic N) is 4. The molecule has 1 aromatic heterocycles. The van der Waals surface area contributed by atoms with Crippen molar-refractivity contribution in [1.82, 2.24) is 15.1 Å². The lowest BCUT2D eigenvalue weighted by molar-refractivity contribution is -0.787. The summed E-state index contributed by atoms with van der Waals surface area (Å²) < 4.78 is 1.38. The Morgan fingerprint density at radius 3 is 2.82 bits per heavy atom. The predicted octanol–water partition coefficient (Wildman–Crippen LogP) is -1.02. The number of hydrogen-bond donors (Lipinski definition) is 0. The molecule has 1 aromatic rings. The highest BCUT2D eigenvalue weighted by molar-refractivity contribution is 4.61. The zero-order chi connectivity index (χ0) is 8.27. The van der Waals surface area contributed by atoms with E-state index >= 15 is 0 Å². The van der Waals surface area contributed by atoms with E-state index in [0.29, 0.717) is 6.54 Å². The van der Waals surface area contributed by atoms with Gasteiger partial charge in [0.2, 0.25) is 0 Å². The highest BCUT2D eigenvalue weighted by Gasteiger charge is 2.05. The van der Waals surface area contributed by atoms with Crippen LogP contribution in [0.2, 0.25) is 0 Å². The van der Waals surface area contributed by atoms with Gasteiger partial charge in [0.15, 0.2) is 0 Å². The first-order valence-corrected chi connectivity index (χ1v) is 3.72. The number of aryl methyl sites for hydroxylation is 2. The van der Waals surface area contributed by atoms with Gasteiger partial charge >= 0.3 is 0 Å². The number of unbranched alkanes of at least 4 members (excludes halogenated alkanes) is 1. The van der Waals surface area contributed by atoms with Crippen molar-refractivity contribution in [3.8, 4) is 6.01 Å². The molecule has 5 heteroatoms. The molecule has 0 aliphatic rings. The van der Waals surface area contributed by atoms with Gasteiger partial charge in [-0.3, -0.25) is 0 Å². The Balaban J connectivity index is 2.62. The average Bonchev–Trinajstić information content (AvgIpc) is 2.26. The van der Waals surface area contributed by atoms with Gasteiger partial charge in [0.05, 0.1) is 16.9 Å². The molecule has 0 amide bonds. The maximum Gasteiger partial charge on any atom is 0.266 e. The topological polar surface area (TPSA) is 57.7 Å². The Labute approximate surface area is 65.2 Å². The molecule has 0 spiro atoms. The van der Waals surface area contributed by atoms with Gasteiger partial charge in [-0.25, -0.2) is 0 Å². The molecule has 1 heterocycles. The summed E-state index contributed by atoms with van der Waals surface area (Å²) in [5, 5.41) is 18.3. The lowest BCUT2D eigenvalue weighted by Gasteiger charge is -1.96. The summed E-state index contributed by atoms with van der Waals surface area (Å²) in [5.41, 5.74) is 0. The van der Waals surface area contributed by atoms with Gasteiger partial charge in [0.25, 0.3) is 6.01 Å². The molecule has 0 unspecified atom stereocenters. The molecule has 0 N–H and O–H groups in total. The second-order valence-corrected chi connectivity index (χ2v) is 2.44. The minimum Gasteiger partial charge on any atom is -0.816 e. The quantitative estimate of drug-likeness (QED) is 0.526. The summed E-state index contributed by atoms with van der Waals surface area (Å²) in [7, 11) is 1.64. The molecule has 11 heavy (non-hydrogen) atoms. The maximum atomic E-state index is 10.9. The van der Waals surface area contributed by atoms with Crippen molar-refractivity contribution >= 4 is 0 Å². The van der Waals surface area contributed by atoms with Crippen LogP contribution in [0.5, 0.6) is 6.01 Å². The smallest absolute Gasteiger partial charge is 0.266 e. The number of rotatable bonds is 3. The first-order valence-electron chi connectivity index (χ1n) is 3.72. The van der Waals surface area contributed by atoms with E-state index in [1.807, 2.05) is 0 Å². The van der Waals surface area contributed by atoms with Gasteiger partial charge in [0.1, 0.15) is 7.05 Å². The summed E-state index contributed by atoms with van der Waals surface area (Å²) in [4.78, 5) is 1.29. The highest BCUT2D eigenvalue weighted by Crippen LogP contribution is 1.88. The molecule has 0 saturated carbocycles. The van der Waals surface area contributed by atoms with Gasteiger partial charge in [-0.15, -0.1) is 4.68 Å². The van der Waals surface area contributed by atoms with E-state index in [2.05, 4.69) is 17.2 Å². The zero-order valence-electron chi connectivity index (χ0n) is 6.82. The molecule has 0 aliphatic heterocycles. The van der Waals surface area contributed by atoms with E-state index in [1.54, 1.807) is 7.05 Å². The molecule has 1 rings (SSSR count). The van der Waals surface area contributed by atoms with Crippen molar-refractivity contribution in [2.45, 2.75) is 26.3 Å². The van der Waals surface area contributed by atoms with Crippen molar-refractivity contribution in [2.24, 2.45) is 7.05 Å². The summed E-state index contributed by atoms with van der Waals surface area (Å²) >= 11 is 0. The first-order chi connectivity index (χ1) is 5.24. The average molecular weight is 156 g/mol. The van der Waals surface area contributed by atoms with Crippen LogP contribution in [0.1, 0.15) is 19.8 Å². The van der Waals surface area contributed by atoms with E-state index in [1.165, 1.54) is 9.48 Å². The minimum absolute atomic E-state index is 0.263. The lowest BCUT2D eigenvalue weighted by Crippen LogP contribution is -2.39. The Bertz CT molecular complexity index is 232. The van der Waals surface area contributed by atoms with E-state index in [-0.39, 0.29) is 6.01 Å². The molecular formula is C6H12N4O. The molecule has 0 saturated heterocycles. The Morgan fingerprint density at radius 1 is 1.64 bits per heavy atom. The van der Waals surface area contributed by atoms with Crippen LogP contribution in [-0.2, 0) is 13.6 Å². The van der Waals surface area contributed by atoms with Crippen molar-refractivity contribution in [2.75, 3.05) is 0 Å².